The molecular formula is C19H14Br3ClN6O4. The number of halogens is 4. The molecule has 2 aromatic heterocycles. The van der Waals surface area contributed by atoms with Crippen LogP contribution in [0, 0.1) is 0 Å². The topological polar surface area (TPSA) is 118 Å². The van der Waals surface area contributed by atoms with Gasteiger partial charge in [-0.3, -0.25) is 14.6 Å². The molecule has 2 N–H and O–H groups in total. The molecule has 172 valence electrons. The number of benzene rings is 1. The predicted octanol–water partition coefficient (Wildman–Crippen LogP) is 4.80. The van der Waals surface area contributed by atoms with Gasteiger partial charge < -0.3 is 10.1 Å². The second-order valence-electron chi connectivity index (χ2n) is 6.30. The highest BCUT2D eigenvalue weighted by Gasteiger charge is 2.24. The molecule has 0 radical (unpaired) electrons. The van der Waals surface area contributed by atoms with Gasteiger partial charge in [0.2, 0.25) is 0 Å². The summed E-state index contributed by atoms with van der Waals surface area (Å²) >= 11 is 16.2. The van der Waals surface area contributed by atoms with Crippen molar-refractivity contribution in [2.24, 2.45) is 0 Å². The lowest BCUT2D eigenvalue weighted by atomic mass is 10.1. The number of hydrogen-bond donors (Lipinski definition) is 2. The number of rotatable bonds is 4. The van der Waals surface area contributed by atoms with Crippen LogP contribution >= 0.6 is 59.4 Å². The number of carbonyl (C=O) groups excluding carboxylic acids is 3. The highest BCUT2D eigenvalue weighted by atomic mass is 79.9. The van der Waals surface area contributed by atoms with Gasteiger partial charge in [0.15, 0.2) is 5.82 Å². The average Bonchev–Trinajstić information content (AvgIpc) is 3.16. The molecule has 3 aromatic rings. The van der Waals surface area contributed by atoms with Crippen molar-refractivity contribution in [1.29, 1.82) is 0 Å². The fourth-order valence-corrected chi connectivity index (χ4v) is 4.57. The molecule has 0 unspecified atom stereocenters. The third kappa shape index (κ3) is 5.72. The van der Waals surface area contributed by atoms with Crippen molar-refractivity contribution in [2.75, 3.05) is 19.5 Å². The first kappa shape index (κ1) is 25.1. The minimum absolute atomic E-state index is 0.0875. The number of nitrogens with one attached hydrogen (secondary N) is 2. The van der Waals surface area contributed by atoms with Crippen molar-refractivity contribution in [3.63, 3.8) is 0 Å². The number of amides is 3. The van der Waals surface area contributed by atoms with Crippen molar-refractivity contribution in [3.8, 4) is 5.82 Å². The van der Waals surface area contributed by atoms with Crippen LogP contribution in [0.25, 0.3) is 5.82 Å². The molecule has 0 aliphatic heterocycles. The number of nitrogens with zero attached hydrogens (tertiary/aromatic N) is 4. The monoisotopic (exact) mass is 662 g/mol. The zero-order valence-electron chi connectivity index (χ0n) is 16.9. The Kier molecular flexibility index (Phi) is 8.10. The smallest absolute Gasteiger partial charge is 0.425 e. The number of anilines is 1. The normalized spacial score (nSPS) is 10.5. The van der Waals surface area contributed by atoms with Crippen LogP contribution in [0.1, 0.15) is 20.8 Å². The van der Waals surface area contributed by atoms with Crippen molar-refractivity contribution in [1.82, 2.24) is 25.2 Å². The van der Waals surface area contributed by atoms with Crippen LogP contribution in [0.2, 0.25) is 5.02 Å². The van der Waals surface area contributed by atoms with E-state index in [4.69, 9.17) is 11.6 Å². The number of carbonyl (C=O) groups is 3. The number of pyridine rings is 1. The standard InChI is InChI=1S/C19H14Br3ClN6O4/c1-28(27-19(32)33-2)18(31)10-6-9(20)7-11(21)15(10)25-17(30)13-8-14(22)26-29(13)16-12(23)4-3-5-24-16/h3-8H,1-2H3,(H,25,30)(H,27,32). The van der Waals surface area contributed by atoms with E-state index in [9.17, 15) is 14.4 Å². The Balaban J connectivity index is 2.00. The van der Waals surface area contributed by atoms with E-state index in [1.807, 2.05) is 0 Å². The number of methoxy groups -OCH3 is 1. The van der Waals surface area contributed by atoms with Gasteiger partial charge in [0.25, 0.3) is 11.8 Å². The van der Waals surface area contributed by atoms with Gasteiger partial charge in [-0.15, -0.1) is 0 Å². The Morgan fingerprint density at radius 3 is 2.58 bits per heavy atom. The Morgan fingerprint density at radius 2 is 1.91 bits per heavy atom. The summed E-state index contributed by atoms with van der Waals surface area (Å²) in [7, 11) is 2.51. The maximum absolute atomic E-state index is 13.2. The summed E-state index contributed by atoms with van der Waals surface area (Å²) in [5, 5.41) is 8.18. The maximum atomic E-state index is 13.2. The first-order chi connectivity index (χ1) is 15.6. The summed E-state index contributed by atoms with van der Waals surface area (Å²) in [6, 6.07) is 7.91. The molecule has 0 fully saturated rings. The summed E-state index contributed by atoms with van der Waals surface area (Å²) in [4.78, 5) is 41.9. The molecule has 0 spiro atoms. The molecule has 33 heavy (non-hydrogen) atoms. The van der Waals surface area contributed by atoms with Gasteiger partial charge in [-0.2, -0.15) is 5.10 Å². The van der Waals surface area contributed by atoms with E-state index in [0.717, 1.165) is 5.01 Å². The molecule has 0 atom stereocenters. The third-order valence-corrected chi connectivity index (χ3v) is 5.89. The Bertz CT molecular complexity index is 1250. The fraction of sp³-hybridized carbons (Fsp3) is 0.105. The molecule has 2 heterocycles. The van der Waals surface area contributed by atoms with Gasteiger partial charge in [-0.25, -0.2) is 19.9 Å². The zero-order valence-corrected chi connectivity index (χ0v) is 22.4. The van der Waals surface area contributed by atoms with Crippen molar-refractivity contribution < 1.29 is 19.1 Å². The molecular weight excluding hydrogens is 651 g/mol. The van der Waals surface area contributed by atoms with E-state index in [2.05, 4.69) is 73.4 Å². The molecule has 3 amide bonds. The Labute approximate surface area is 218 Å². The lowest BCUT2D eigenvalue weighted by Crippen LogP contribution is -2.43. The number of hydrazine groups is 1. The summed E-state index contributed by atoms with van der Waals surface area (Å²) in [6.45, 7) is 0. The van der Waals surface area contributed by atoms with Crippen molar-refractivity contribution in [3.05, 3.63) is 66.4 Å². The highest BCUT2D eigenvalue weighted by Crippen LogP contribution is 2.32. The van der Waals surface area contributed by atoms with Gasteiger partial charge in [0.1, 0.15) is 10.3 Å². The van der Waals surface area contributed by atoms with Crippen LogP contribution in [0.4, 0.5) is 10.5 Å². The van der Waals surface area contributed by atoms with E-state index in [1.165, 1.54) is 37.2 Å². The largest absolute Gasteiger partial charge is 0.452 e. The predicted molar refractivity (Wildman–Crippen MR) is 131 cm³/mol. The van der Waals surface area contributed by atoms with Gasteiger partial charge >= 0.3 is 6.09 Å². The Hall–Kier alpha value is -2.48. The minimum Gasteiger partial charge on any atom is -0.452 e. The molecule has 0 aliphatic rings. The summed E-state index contributed by atoms with van der Waals surface area (Å²) in [5.74, 6) is -0.945. The first-order valence-electron chi connectivity index (χ1n) is 8.92. The summed E-state index contributed by atoms with van der Waals surface area (Å²) in [6.07, 6.45) is 0.691. The van der Waals surface area contributed by atoms with E-state index in [-0.39, 0.29) is 22.8 Å². The van der Waals surface area contributed by atoms with Crippen LogP contribution in [0.5, 0.6) is 0 Å². The lowest BCUT2D eigenvalue weighted by molar-refractivity contribution is 0.0691. The SMILES string of the molecule is COC(=O)NN(C)C(=O)c1cc(Br)cc(Br)c1NC(=O)c1cc(Br)nn1-c1ncccc1Cl. The molecule has 3 rings (SSSR count). The number of hydrogen-bond acceptors (Lipinski definition) is 6. The van der Waals surface area contributed by atoms with Gasteiger partial charge in [-0.05, 0) is 56.1 Å². The van der Waals surface area contributed by atoms with Crippen LogP contribution in [0.3, 0.4) is 0 Å². The van der Waals surface area contributed by atoms with Gasteiger partial charge in [0, 0.05) is 28.3 Å². The van der Waals surface area contributed by atoms with Crippen LogP contribution in [-0.4, -0.2) is 51.8 Å². The number of aromatic nitrogens is 3. The van der Waals surface area contributed by atoms with Crippen LogP contribution in [-0.2, 0) is 4.74 Å². The molecule has 14 heteroatoms. The second-order valence-corrected chi connectivity index (χ2v) is 9.29. The number of ether oxygens (including phenoxy) is 1. The van der Waals surface area contributed by atoms with Gasteiger partial charge in [-0.1, -0.05) is 27.5 Å². The van der Waals surface area contributed by atoms with E-state index >= 15 is 0 Å². The average molecular weight is 666 g/mol. The molecule has 0 saturated carbocycles. The first-order valence-corrected chi connectivity index (χ1v) is 11.7. The van der Waals surface area contributed by atoms with E-state index < -0.39 is 17.9 Å². The molecule has 0 aliphatic carbocycles. The van der Waals surface area contributed by atoms with E-state index in [0.29, 0.717) is 18.6 Å². The maximum Gasteiger partial charge on any atom is 0.425 e. The molecule has 0 saturated heterocycles. The quantitative estimate of drug-likeness (QED) is 0.387. The zero-order chi connectivity index (χ0) is 24.3. The molecule has 1 aromatic carbocycles. The van der Waals surface area contributed by atoms with Crippen LogP contribution < -0.4 is 10.7 Å². The lowest BCUT2D eigenvalue weighted by Gasteiger charge is -2.20. The van der Waals surface area contributed by atoms with Gasteiger partial charge in [0.05, 0.1) is 23.4 Å². The molecule has 10 nitrogen and oxygen atoms in total. The third-order valence-electron chi connectivity index (χ3n) is 4.12. The molecule has 0 bridgehead atoms. The Morgan fingerprint density at radius 1 is 1.18 bits per heavy atom. The minimum atomic E-state index is -0.827. The summed E-state index contributed by atoms with van der Waals surface area (Å²) < 4.78 is 7.15. The van der Waals surface area contributed by atoms with Crippen molar-refractivity contribution >= 4 is 83.0 Å². The fourth-order valence-electron chi connectivity index (χ4n) is 2.67. The highest BCUT2D eigenvalue weighted by molar-refractivity contribution is 9.11. The van der Waals surface area contributed by atoms with E-state index in [1.54, 1.807) is 18.2 Å². The summed E-state index contributed by atoms with van der Waals surface area (Å²) in [5.41, 5.74) is 2.62. The van der Waals surface area contributed by atoms with Crippen LogP contribution in [0.15, 0.2) is 50.1 Å². The second kappa shape index (κ2) is 10.6. The van der Waals surface area contributed by atoms with Crippen molar-refractivity contribution in [2.45, 2.75) is 0 Å².